The smallest absolute Gasteiger partial charge is 0.338 e. The monoisotopic (exact) mass is 454 g/mol. The third kappa shape index (κ3) is 4.74. The highest BCUT2D eigenvalue weighted by Gasteiger charge is 2.21. The van der Waals surface area contributed by atoms with Crippen LogP contribution in [0.4, 0.5) is 0 Å². The number of Topliss-reactive ketones (excluding diaryl/α,β-unsaturated/α-hetero) is 1. The predicted octanol–water partition coefficient (Wildman–Crippen LogP) is 7.72. The van der Waals surface area contributed by atoms with E-state index >= 15 is 0 Å². The lowest BCUT2D eigenvalue weighted by Crippen LogP contribution is -2.09. The standard InChI is InChI=1S/C29H23ClO3/c1-3-33-29(32)27-18-25(22-15-13-21(14-16-22)20-9-5-4-6-10-20)24(19(2)31)17-26(27)23-11-7-8-12-28(23)30/h4-18H,3H2,1-2H3. The zero-order chi connectivity index (χ0) is 23.4. The van der Waals surface area contributed by atoms with E-state index in [1.807, 2.05) is 72.8 Å². The third-order valence-corrected chi connectivity index (χ3v) is 5.83. The minimum Gasteiger partial charge on any atom is -0.462 e. The highest BCUT2D eigenvalue weighted by atomic mass is 35.5. The van der Waals surface area contributed by atoms with Gasteiger partial charge in [-0.1, -0.05) is 84.4 Å². The Kier molecular flexibility index (Phi) is 6.71. The maximum atomic E-state index is 12.9. The van der Waals surface area contributed by atoms with Crippen LogP contribution in [0.1, 0.15) is 34.6 Å². The van der Waals surface area contributed by atoms with Gasteiger partial charge in [-0.3, -0.25) is 4.79 Å². The van der Waals surface area contributed by atoms with E-state index in [0.717, 1.165) is 16.7 Å². The molecule has 0 aliphatic rings. The summed E-state index contributed by atoms with van der Waals surface area (Å²) in [6.07, 6.45) is 0. The molecule has 0 unspecified atom stereocenters. The fraction of sp³-hybridized carbons (Fsp3) is 0.103. The summed E-state index contributed by atoms with van der Waals surface area (Å²) in [7, 11) is 0. The Morgan fingerprint density at radius 1 is 0.697 bits per heavy atom. The molecule has 0 radical (unpaired) electrons. The van der Waals surface area contributed by atoms with E-state index in [-0.39, 0.29) is 12.4 Å². The van der Waals surface area contributed by atoms with Crippen molar-refractivity contribution in [3.05, 3.63) is 107 Å². The minimum absolute atomic E-state index is 0.0964. The molecule has 0 aliphatic carbocycles. The van der Waals surface area contributed by atoms with Gasteiger partial charge in [-0.25, -0.2) is 4.79 Å². The van der Waals surface area contributed by atoms with Gasteiger partial charge >= 0.3 is 5.97 Å². The molecule has 4 aromatic carbocycles. The average Bonchev–Trinajstić information content (AvgIpc) is 2.84. The Morgan fingerprint density at radius 3 is 1.91 bits per heavy atom. The molecule has 0 aromatic heterocycles. The molecular weight excluding hydrogens is 432 g/mol. The topological polar surface area (TPSA) is 43.4 Å². The van der Waals surface area contributed by atoms with Crippen molar-refractivity contribution >= 4 is 23.4 Å². The largest absolute Gasteiger partial charge is 0.462 e. The zero-order valence-corrected chi connectivity index (χ0v) is 19.2. The molecule has 0 fully saturated rings. The quantitative estimate of drug-likeness (QED) is 0.221. The molecular formula is C29H23ClO3. The molecule has 4 heteroatoms. The minimum atomic E-state index is -0.454. The Bertz CT molecular complexity index is 1310. The van der Waals surface area contributed by atoms with E-state index in [2.05, 4.69) is 0 Å². The summed E-state index contributed by atoms with van der Waals surface area (Å²) >= 11 is 6.44. The summed E-state index contributed by atoms with van der Waals surface area (Å²) in [5.74, 6) is -0.550. The fourth-order valence-electron chi connectivity index (χ4n) is 3.88. The summed E-state index contributed by atoms with van der Waals surface area (Å²) in [5, 5.41) is 0.498. The van der Waals surface area contributed by atoms with Crippen molar-refractivity contribution in [2.45, 2.75) is 13.8 Å². The molecule has 33 heavy (non-hydrogen) atoms. The van der Waals surface area contributed by atoms with Gasteiger partial charge in [0.25, 0.3) is 0 Å². The maximum absolute atomic E-state index is 12.9. The first kappa shape index (κ1) is 22.5. The van der Waals surface area contributed by atoms with Crippen LogP contribution in [0.15, 0.2) is 91.0 Å². The average molecular weight is 455 g/mol. The van der Waals surface area contributed by atoms with Crippen molar-refractivity contribution in [2.24, 2.45) is 0 Å². The molecule has 0 spiro atoms. The molecule has 4 aromatic rings. The first-order valence-corrected chi connectivity index (χ1v) is 11.1. The molecule has 0 N–H and O–H groups in total. The second-order valence-electron chi connectivity index (χ2n) is 7.64. The highest BCUT2D eigenvalue weighted by molar-refractivity contribution is 6.33. The van der Waals surface area contributed by atoms with Gasteiger partial charge < -0.3 is 4.74 Å². The molecule has 164 valence electrons. The Hall–Kier alpha value is -3.69. The lowest BCUT2D eigenvalue weighted by molar-refractivity contribution is 0.0527. The number of ketones is 1. The van der Waals surface area contributed by atoms with Crippen molar-refractivity contribution in [1.82, 2.24) is 0 Å². The second kappa shape index (κ2) is 9.85. The van der Waals surface area contributed by atoms with Crippen LogP contribution >= 0.6 is 11.6 Å². The van der Waals surface area contributed by atoms with Crippen LogP contribution in [0.25, 0.3) is 33.4 Å². The van der Waals surface area contributed by atoms with Crippen molar-refractivity contribution in [3.8, 4) is 33.4 Å². The molecule has 0 atom stereocenters. The number of hydrogen-bond acceptors (Lipinski definition) is 3. The number of carbonyl (C=O) groups excluding carboxylic acids is 2. The van der Waals surface area contributed by atoms with Crippen molar-refractivity contribution in [2.75, 3.05) is 6.61 Å². The Labute approximate surface area is 198 Å². The number of halogens is 1. The third-order valence-electron chi connectivity index (χ3n) is 5.50. The number of hydrogen-bond donors (Lipinski definition) is 0. The van der Waals surface area contributed by atoms with Crippen molar-refractivity contribution < 1.29 is 14.3 Å². The zero-order valence-electron chi connectivity index (χ0n) is 18.5. The number of ether oxygens (including phenoxy) is 1. The Balaban J connectivity index is 1.89. The van der Waals surface area contributed by atoms with E-state index in [1.54, 1.807) is 25.1 Å². The number of rotatable bonds is 6. The fourth-order valence-corrected chi connectivity index (χ4v) is 4.12. The summed E-state index contributed by atoms with van der Waals surface area (Å²) in [4.78, 5) is 25.6. The van der Waals surface area contributed by atoms with Gasteiger partial charge in [0.1, 0.15) is 0 Å². The van der Waals surface area contributed by atoms with Crippen LogP contribution in [0.3, 0.4) is 0 Å². The lowest BCUT2D eigenvalue weighted by atomic mass is 9.89. The van der Waals surface area contributed by atoms with Crippen LogP contribution in [-0.2, 0) is 4.74 Å². The van der Waals surface area contributed by atoms with E-state index in [4.69, 9.17) is 16.3 Å². The van der Waals surface area contributed by atoms with Crippen LogP contribution in [0.5, 0.6) is 0 Å². The number of carbonyl (C=O) groups is 2. The number of benzene rings is 4. The van der Waals surface area contributed by atoms with E-state index in [9.17, 15) is 9.59 Å². The van der Waals surface area contributed by atoms with Gasteiger partial charge in [0, 0.05) is 16.1 Å². The predicted molar refractivity (Wildman–Crippen MR) is 134 cm³/mol. The normalized spacial score (nSPS) is 10.6. The summed E-state index contributed by atoms with van der Waals surface area (Å²) < 4.78 is 5.33. The lowest BCUT2D eigenvalue weighted by Gasteiger charge is -2.16. The first-order valence-electron chi connectivity index (χ1n) is 10.8. The van der Waals surface area contributed by atoms with Crippen LogP contribution < -0.4 is 0 Å². The molecule has 0 aliphatic heterocycles. The molecule has 4 rings (SSSR count). The van der Waals surface area contributed by atoms with Crippen molar-refractivity contribution in [3.63, 3.8) is 0 Å². The van der Waals surface area contributed by atoms with Gasteiger partial charge in [0.15, 0.2) is 5.78 Å². The van der Waals surface area contributed by atoms with E-state index < -0.39 is 5.97 Å². The van der Waals surface area contributed by atoms with Gasteiger partial charge in [0.2, 0.25) is 0 Å². The van der Waals surface area contributed by atoms with Crippen LogP contribution in [-0.4, -0.2) is 18.4 Å². The van der Waals surface area contributed by atoms with E-state index in [1.165, 1.54) is 6.92 Å². The van der Waals surface area contributed by atoms with Gasteiger partial charge in [-0.15, -0.1) is 0 Å². The summed E-state index contributed by atoms with van der Waals surface area (Å²) in [5.41, 5.74) is 5.85. The SMILES string of the molecule is CCOC(=O)c1cc(-c2ccc(-c3ccccc3)cc2)c(C(C)=O)cc1-c1ccccc1Cl. The molecule has 0 amide bonds. The molecule has 0 heterocycles. The van der Waals surface area contributed by atoms with Crippen molar-refractivity contribution in [1.29, 1.82) is 0 Å². The highest BCUT2D eigenvalue weighted by Crippen LogP contribution is 2.37. The molecule has 0 saturated carbocycles. The first-order chi connectivity index (χ1) is 16.0. The summed E-state index contributed by atoms with van der Waals surface area (Å²) in [6.45, 7) is 3.54. The van der Waals surface area contributed by atoms with E-state index in [0.29, 0.717) is 32.8 Å². The van der Waals surface area contributed by atoms with Gasteiger partial charge in [-0.05, 0) is 59.9 Å². The maximum Gasteiger partial charge on any atom is 0.338 e. The molecule has 3 nitrogen and oxygen atoms in total. The van der Waals surface area contributed by atoms with Gasteiger partial charge in [0.05, 0.1) is 12.2 Å². The second-order valence-corrected chi connectivity index (χ2v) is 8.05. The molecule has 0 bridgehead atoms. The number of esters is 1. The van der Waals surface area contributed by atoms with Crippen LogP contribution in [0.2, 0.25) is 5.02 Å². The summed E-state index contributed by atoms with van der Waals surface area (Å²) in [6, 6.07) is 28.8. The Morgan fingerprint density at radius 2 is 1.27 bits per heavy atom. The van der Waals surface area contributed by atoms with Gasteiger partial charge in [-0.2, -0.15) is 0 Å². The van der Waals surface area contributed by atoms with Crippen LogP contribution in [0, 0.1) is 0 Å². The molecule has 0 saturated heterocycles.